The molecule has 1 aliphatic heterocycles. The van der Waals surface area contributed by atoms with Crippen molar-refractivity contribution in [2.24, 2.45) is 0 Å². The third kappa shape index (κ3) is 3.03. The minimum atomic E-state index is -1.88. The first-order valence-corrected chi connectivity index (χ1v) is 14.5. The maximum Gasteiger partial charge on any atom is 0.132 e. The highest BCUT2D eigenvalue weighted by atomic mass is 79.9. The predicted molar refractivity (Wildman–Crippen MR) is 145 cm³/mol. The van der Waals surface area contributed by atoms with Crippen molar-refractivity contribution in [3.8, 4) is 9.75 Å². The zero-order valence-corrected chi connectivity index (χ0v) is 21.9. The van der Waals surface area contributed by atoms with Gasteiger partial charge in [-0.3, -0.25) is 0 Å². The lowest BCUT2D eigenvalue weighted by atomic mass is 10.2. The zero-order chi connectivity index (χ0) is 21.1. The number of thiophene rings is 2. The maximum atomic E-state index is 2.38. The fraction of sp³-hybridized carbons (Fsp3) is 0.0345. The Balaban J connectivity index is 0.00000206. The summed E-state index contributed by atoms with van der Waals surface area (Å²) in [5.41, 5.74) is 1.43. The molecule has 0 fully saturated rings. The van der Waals surface area contributed by atoms with E-state index >= 15 is 0 Å². The van der Waals surface area contributed by atoms with Crippen molar-refractivity contribution >= 4 is 66.0 Å². The van der Waals surface area contributed by atoms with Gasteiger partial charge in [-0.25, -0.2) is 0 Å². The summed E-state index contributed by atoms with van der Waals surface area (Å²) < 4.78 is 2.82. The summed E-state index contributed by atoms with van der Waals surface area (Å²) in [6, 6.07) is 40.6. The molecule has 0 nitrogen and oxygen atoms in total. The Bertz CT molecular complexity index is 1520. The number of rotatable bonds is 3. The molecule has 0 atom stereocenters. The summed E-state index contributed by atoms with van der Waals surface area (Å²) >= 11 is 3.98. The third-order valence-corrected chi connectivity index (χ3v) is 13.9. The molecule has 0 N–H and O–H groups in total. The average Bonchev–Trinajstić information content (AvgIpc) is 3.49. The molecular formula is C29H20BrPS2. The van der Waals surface area contributed by atoms with Crippen LogP contribution in [0.25, 0.3) is 29.9 Å². The highest BCUT2D eigenvalue weighted by molar-refractivity contribution is 7.97. The smallest absolute Gasteiger partial charge is 0.132 e. The van der Waals surface area contributed by atoms with Gasteiger partial charge in [0.2, 0.25) is 0 Å². The van der Waals surface area contributed by atoms with Crippen LogP contribution < -0.4 is 32.9 Å². The van der Waals surface area contributed by atoms with Gasteiger partial charge in [-0.1, -0.05) is 72.8 Å². The zero-order valence-electron chi connectivity index (χ0n) is 17.7. The van der Waals surface area contributed by atoms with Gasteiger partial charge in [-0.05, 0) is 42.0 Å². The highest BCUT2D eigenvalue weighted by Crippen LogP contribution is 2.69. The van der Waals surface area contributed by atoms with Crippen LogP contribution in [0.4, 0.5) is 0 Å². The normalized spacial score (nSPS) is 13.6. The van der Waals surface area contributed by atoms with Gasteiger partial charge in [-0.2, -0.15) is 0 Å². The van der Waals surface area contributed by atoms with Crippen molar-refractivity contribution in [3.05, 3.63) is 115 Å². The largest absolute Gasteiger partial charge is 1.00 e. The van der Waals surface area contributed by atoms with E-state index in [0.717, 1.165) is 6.16 Å². The van der Waals surface area contributed by atoms with Crippen LogP contribution in [0, 0.1) is 0 Å². The summed E-state index contributed by atoms with van der Waals surface area (Å²) in [6.07, 6.45) is 1.07. The van der Waals surface area contributed by atoms with Gasteiger partial charge in [0.1, 0.15) is 23.2 Å². The Morgan fingerprint density at radius 3 is 1.52 bits per heavy atom. The Labute approximate surface area is 212 Å². The Morgan fingerprint density at radius 1 is 0.515 bits per heavy atom. The molecule has 7 rings (SSSR count). The van der Waals surface area contributed by atoms with Crippen LogP contribution in [-0.2, 0) is 6.16 Å². The molecule has 6 aromatic rings. The van der Waals surface area contributed by atoms with E-state index in [-0.39, 0.29) is 17.0 Å². The van der Waals surface area contributed by atoms with E-state index in [2.05, 4.69) is 109 Å². The van der Waals surface area contributed by atoms with Crippen molar-refractivity contribution in [2.45, 2.75) is 6.16 Å². The monoisotopic (exact) mass is 542 g/mol. The first-order chi connectivity index (χ1) is 15.9. The topological polar surface area (TPSA) is 0 Å². The molecule has 2 aromatic heterocycles. The lowest BCUT2D eigenvalue weighted by molar-refractivity contribution is -0.00000577. The van der Waals surface area contributed by atoms with Crippen molar-refractivity contribution in [2.75, 3.05) is 0 Å². The van der Waals surface area contributed by atoms with Crippen LogP contribution in [-0.4, -0.2) is 0 Å². The van der Waals surface area contributed by atoms with E-state index in [1.807, 2.05) is 22.7 Å². The molecule has 0 saturated heterocycles. The molecule has 4 aromatic carbocycles. The first kappa shape index (κ1) is 21.3. The second-order valence-electron chi connectivity index (χ2n) is 8.34. The van der Waals surface area contributed by atoms with Crippen molar-refractivity contribution in [3.63, 3.8) is 0 Å². The molecule has 0 bridgehead atoms. The molecule has 0 radical (unpaired) electrons. The second kappa shape index (κ2) is 8.18. The fourth-order valence-corrected chi connectivity index (χ4v) is 14.0. The number of fused-ring (bicyclic) bond motifs is 7. The fourth-order valence-electron chi connectivity index (χ4n) is 5.29. The maximum absolute atomic E-state index is 2.38. The quantitative estimate of drug-likeness (QED) is 0.287. The standard InChI is InChI=1S/C29H20PS2.BrH/c1-3-11-20(12-4-1)19-30(21-13-5-2-6-14-21)26-22-15-7-9-17-24(22)31-28(26)29-27(30)23-16-8-10-18-25(23)32-29;/h1-18H,19H2;1H/q+1;/p-1. The van der Waals surface area contributed by atoms with Crippen molar-refractivity contribution in [1.82, 2.24) is 0 Å². The van der Waals surface area contributed by atoms with E-state index in [1.54, 1.807) is 10.6 Å². The van der Waals surface area contributed by atoms with Crippen LogP contribution in [0.2, 0.25) is 0 Å². The molecule has 0 aliphatic carbocycles. The third-order valence-electron chi connectivity index (χ3n) is 6.57. The molecule has 0 unspecified atom stereocenters. The SMILES string of the molecule is [Br-].c1ccc(C[P+]2(c3ccccc3)c3c(sc4ccccc34)-c3sc4ccccc4c32)cc1. The van der Waals surface area contributed by atoms with Crippen LogP contribution >= 0.6 is 29.9 Å². The highest BCUT2D eigenvalue weighted by Gasteiger charge is 2.57. The van der Waals surface area contributed by atoms with Gasteiger partial charge in [-0.15, -0.1) is 22.7 Å². The summed E-state index contributed by atoms with van der Waals surface area (Å²) in [7, 11) is -1.88. The number of halogens is 1. The van der Waals surface area contributed by atoms with Crippen LogP contribution in [0.1, 0.15) is 5.56 Å². The van der Waals surface area contributed by atoms with Crippen LogP contribution in [0.15, 0.2) is 109 Å². The predicted octanol–water partition coefficient (Wildman–Crippen LogP) is 4.59. The molecule has 0 saturated carbocycles. The minimum Gasteiger partial charge on any atom is -1.00 e. The van der Waals surface area contributed by atoms with E-state index in [0.29, 0.717) is 0 Å². The van der Waals surface area contributed by atoms with Gasteiger partial charge < -0.3 is 17.0 Å². The van der Waals surface area contributed by atoms with Crippen molar-refractivity contribution < 1.29 is 17.0 Å². The van der Waals surface area contributed by atoms with Gasteiger partial charge in [0.15, 0.2) is 0 Å². The number of hydrogen-bond donors (Lipinski definition) is 0. The van der Waals surface area contributed by atoms with Gasteiger partial charge in [0, 0.05) is 20.2 Å². The summed E-state index contributed by atoms with van der Waals surface area (Å²) in [5, 5.41) is 7.62. The van der Waals surface area contributed by atoms with E-state index in [4.69, 9.17) is 0 Å². The molecule has 3 heterocycles. The Morgan fingerprint density at radius 2 is 0.970 bits per heavy atom. The Hall–Kier alpha value is -2.29. The van der Waals surface area contributed by atoms with E-state index in [9.17, 15) is 0 Å². The lowest BCUT2D eigenvalue weighted by Gasteiger charge is -2.24. The molecule has 0 spiro atoms. The number of benzene rings is 4. The van der Waals surface area contributed by atoms with Crippen molar-refractivity contribution in [1.29, 1.82) is 0 Å². The van der Waals surface area contributed by atoms with Crippen LogP contribution in [0.3, 0.4) is 0 Å². The second-order valence-corrected chi connectivity index (χ2v) is 13.8. The molecule has 160 valence electrons. The summed E-state index contributed by atoms with van der Waals surface area (Å²) in [5.74, 6) is 0. The molecule has 4 heteroatoms. The lowest BCUT2D eigenvalue weighted by Crippen LogP contribution is -3.00. The van der Waals surface area contributed by atoms with Gasteiger partial charge in [0.05, 0.1) is 15.9 Å². The number of hydrogen-bond acceptors (Lipinski definition) is 2. The molecular weight excluding hydrogens is 523 g/mol. The van der Waals surface area contributed by atoms with E-state index < -0.39 is 7.26 Å². The van der Waals surface area contributed by atoms with E-state index in [1.165, 1.54) is 40.8 Å². The molecule has 1 aliphatic rings. The summed E-state index contributed by atoms with van der Waals surface area (Å²) in [4.78, 5) is 3.02. The first-order valence-electron chi connectivity index (χ1n) is 10.9. The Kier molecular flexibility index (Phi) is 5.27. The molecule has 0 amide bonds. The average molecular weight is 543 g/mol. The molecule has 33 heavy (non-hydrogen) atoms. The van der Waals surface area contributed by atoms with Crippen LogP contribution in [0.5, 0.6) is 0 Å². The summed E-state index contributed by atoms with van der Waals surface area (Å²) in [6.45, 7) is 0. The van der Waals surface area contributed by atoms with Gasteiger partial charge in [0.25, 0.3) is 0 Å². The minimum absolute atomic E-state index is 0. The van der Waals surface area contributed by atoms with Gasteiger partial charge >= 0.3 is 0 Å².